The summed E-state index contributed by atoms with van der Waals surface area (Å²) >= 11 is 7.20. The van der Waals surface area contributed by atoms with Gasteiger partial charge in [-0.15, -0.1) is 0 Å². The number of rotatable bonds is 3. The summed E-state index contributed by atoms with van der Waals surface area (Å²) < 4.78 is 4.60. The number of ether oxygens (including phenoxy) is 1. The molecule has 1 unspecified atom stereocenters. The van der Waals surface area contributed by atoms with Crippen LogP contribution >= 0.6 is 23.4 Å². The van der Waals surface area contributed by atoms with Gasteiger partial charge in [0.05, 0.1) is 6.61 Å². The third kappa shape index (κ3) is 4.18. The Labute approximate surface area is 114 Å². The number of halogens is 1. The van der Waals surface area contributed by atoms with E-state index in [4.69, 9.17) is 11.6 Å². The Morgan fingerprint density at radius 2 is 2.44 bits per heavy atom. The van der Waals surface area contributed by atoms with Gasteiger partial charge in [-0.05, 0) is 13.2 Å². The number of aliphatic hydroxyl groups is 1. The number of carbonyl (C=O) groups excluding carboxylic acids is 1. The Kier molecular flexibility index (Phi) is 5.92. The summed E-state index contributed by atoms with van der Waals surface area (Å²) in [5.41, 5.74) is 0.256. The molecule has 5 nitrogen and oxygen atoms in total. The van der Waals surface area contributed by atoms with Crippen molar-refractivity contribution >= 4 is 29.3 Å². The van der Waals surface area contributed by atoms with Crippen LogP contribution in [0.4, 0.5) is 0 Å². The fourth-order valence-corrected chi connectivity index (χ4v) is 1.63. The van der Waals surface area contributed by atoms with Gasteiger partial charge in [0, 0.05) is 17.7 Å². The number of nitrogens with zero attached hydrogens (tertiary/aromatic N) is 2. The second-order valence-electron chi connectivity index (χ2n) is 3.00. The van der Waals surface area contributed by atoms with E-state index in [-0.39, 0.29) is 17.3 Å². The third-order valence-corrected chi connectivity index (χ3v) is 2.67. The van der Waals surface area contributed by atoms with Gasteiger partial charge in [0.15, 0.2) is 5.16 Å². The number of aliphatic hydroxyl groups excluding tert-OH is 1. The zero-order chi connectivity index (χ0) is 13.5. The van der Waals surface area contributed by atoms with Crippen molar-refractivity contribution in [2.75, 3.05) is 12.9 Å². The fraction of sp³-hybridized carbons (Fsp3) is 0.364. The number of carbonyl (C=O) groups is 1. The summed E-state index contributed by atoms with van der Waals surface area (Å²) in [5, 5.41) is 10.3. The van der Waals surface area contributed by atoms with Gasteiger partial charge < -0.3 is 9.84 Å². The summed E-state index contributed by atoms with van der Waals surface area (Å²) in [6, 6.07) is 0. The van der Waals surface area contributed by atoms with Crippen LogP contribution in [0.5, 0.6) is 0 Å². The molecule has 0 aliphatic carbocycles. The van der Waals surface area contributed by atoms with Gasteiger partial charge in [-0.25, -0.2) is 14.8 Å². The van der Waals surface area contributed by atoms with Crippen molar-refractivity contribution in [2.24, 2.45) is 0 Å². The van der Waals surface area contributed by atoms with E-state index in [9.17, 15) is 9.90 Å². The smallest absolute Gasteiger partial charge is 0.384 e. The van der Waals surface area contributed by atoms with Gasteiger partial charge in [0.1, 0.15) is 11.3 Å². The minimum atomic E-state index is -1.22. The highest BCUT2D eigenvalue weighted by Crippen LogP contribution is 2.21. The highest BCUT2D eigenvalue weighted by atomic mass is 35.5. The van der Waals surface area contributed by atoms with Gasteiger partial charge >= 0.3 is 5.97 Å². The highest BCUT2D eigenvalue weighted by Gasteiger charge is 2.12. The second-order valence-corrected chi connectivity index (χ2v) is 4.13. The van der Waals surface area contributed by atoms with E-state index in [0.717, 1.165) is 0 Å². The lowest BCUT2D eigenvalue weighted by molar-refractivity contribution is -0.136. The Hall–Kier alpha value is -1.29. The normalized spacial score (nSPS) is 11.3. The quantitative estimate of drug-likeness (QED) is 0.226. The number of esters is 1. The molecule has 1 aromatic rings. The van der Waals surface area contributed by atoms with Crippen molar-refractivity contribution in [3.8, 4) is 11.8 Å². The molecule has 0 saturated heterocycles. The maximum Gasteiger partial charge on any atom is 0.384 e. The summed E-state index contributed by atoms with van der Waals surface area (Å²) in [5.74, 6) is 3.78. The summed E-state index contributed by atoms with van der Waals surface area (Å²) in [7, 11) is 0. The van der Waals surface area contributed by atoms with Gasteiger partial charge in [0.2, 0.25) is 0 Å². The van der Waals surface area contributed by atoms with Crippen LogP contribution < -0.4 is 0 Å². The monoisotopic (exact) mass is 286 g/mol. The SMILES string of the molecule is CCOC(=O)C#CC(O)c1cnc(SC)nc1Cl. The van der Waals surface area contributed by atoms with Crippen LogP contribution in [0.2, 0.25) is 5.15 Å². The molecule has 0 fully saturated rings. The molecule has 0 spiro atoms. The molecule has 1 rings (SSSR count). The standard InChI is InChI=1S/C11H11ClN2O3S/c1-3-17-9(16)5-4-8(15)7-6-13-11(18-2)14-10(7)12/h6,8,15H,3H2,1-2H3. The first-order valence-corrected chi connectivity index (χ1v) is 6.61. The molecule has 0 aliphatic heterocycles. The number of hydrogen-bond donors (Lipinski definition) is 1. The number of hydrogen-bond acceptors (Lipinski definition) is 6. The van der Waals surface area contributed by atoms with Crippen LogP contribution in [0, 0.1) is 11.8 Å². The second kappa shape index (κ2) is 7.21. The van der Waals surface area contributed by atoms with E-state index in [2.05, 4.69) is 26.5 Å². The largest absolute Gasteiger partial charge is 0.456 e. The zero-order valence-corrected chi connectivity index (χ0v) is 11.4. The molecule has 96 valence electrons. The highest BCUT2D eigenvalue weighted by molar-refractivity contribution is 7.98. The van der Waals surface area contributed by atoms with Crippen LogP contribution in [0.1, 0.15) is 18.6 Å². The van der Waals surface area contributed by atoms with Gasteiger partial charge in [0.25, 0.3) is 0 Å². The summed E-state index contributed by atoms with van der Waals surface area (Å²) in [6.45, 7) is 1.90. The van der Waals surface area contributed by atoms with E-state index in [1.165, 1.54) is 18.0 Å². The topological polar surface area (TPSA) is 72.3 Å². The lowest BCUT2D eigenvalue weighted by atomic mass is 10.2. The molecule has 1 heterocycles. The van der Waals surface area contributed by atoms with E-state index in [1.54, 1.807) is 6.92 Å². The van der Waals surface area contributed by atoms with Crippen LogP contribution in [0.3, 0.4) is 0 Å². The Bertz CT molecular complexity index is 499. The predicted molar refractivity (Wildman–Crippen MR) is 68.2 cm³/mol. The number of aromatic nitrogens is 2. The molecule has 1 atom stereocenters. The van der Waals surface area contributed by atoms with Gasteiger partial charge in [-0.2, -0.15) is 0 Å². The first-order chi connectivity index (χ1) is 8.58. The average molecular weight is 287 g/mol. The van der Waals surface area contributed by atoms with Crippen molar-refractivity contribution in [3.63, 3.8) is 0 Å². The zero-order valence-electron chi connectivity index (χ0n) is 9.81. The van der Waals surface area contributed by atoms with Crippen molar-refractivity contribution in [3.05, 3.63) is 16.9 Å². The predicted octanol–water partition coefficient (Wildman–Crippen LogP) is 1.45. The van der Waals surface area contributed by atoms with Gasteiger partial charge in [-0.3, -0.25) is 0 Å². The van der Waals surface area contributed by atoms with Crippen molar-refractivity contribution in [2.45, 2.75) is 18.2 Å². The lowest BCUT2D eigenvalue weighted by Crippen LogP contribution is -2.03. The molecule has 0 radical (unpaired) electrons. The maximum absolute atomic E-state index is 11.0. The van der Waals surface area contributed by atoms with E-state index in [0.29, 0.717) is 5.16 Å². The molecule has 1 N–H and O–H groups in total. The van der Waals surface area contributed by atoms with Crippen LogP contribution in [0.15, 0.2) is 11.4 Å². The Morgan fingerprint density at radius 3 is 3.00 bits per heavy atom. The molecule has 18 heavy (non-hydrogen) atoms. The molecule has 0 aliphatic rings. The van der Waals surface area contributed by atoms with Crippen LogP contribution in [-0.4, -0.2) is 33.9 Å². The lowest BCUT2D eigenvalue weighted by Gasteiger charge is -2.05. The maximum atomic E-state index is 11.0. The van der Waals surface area contributed by atoms with E-state index >= 15 is 0 Å². The first kappa shape index (κ1) is 14.8. The average Bonchev–Trinajstić information content (AvgIpc) is 2.36. The van der Waals surface area contributed by atoms with E-state index < -0.39 is 12.1 Å². The van der Waals surface area contributed by atoms with Crippen molar-refractivity contribution in [1.29, 1.82) is 0 Å². The van der Waals surface area contributed by atoms with E-state index in [1.807, 2.05) is 6.26 Å². The Morgan fingerprint density at radius 1 is 1.72 bits per heavy atom. The molecular weight excluding hydrogens is 276 g/mol. The first-order valence-electron chi connectivity index (χ1n) is 5.01. The molecular formula is C11H11ClN2O3S. The minimum Gasteiger partial charge on any atom is -0.456 e. The van der Waals surface area contributed by atoms with Crippen molar-refractivity contribution in [1.82, 2.24) is 9.97 Å². The third-order valence-electron chi connectivity index (χ3n) is 1.81. The Balaban J connectivity index is 2.84. The molecule has 0 bridgehead atoms. The summed E-state index contributed by atoms with van der Waals surface area (Å²) in [6.07, 6.45) is 1.96. The fourth-order valence-electron chi connectivity index (χ4n) is 1.01. The molecule has 0 amide bonds. The van der Waals surface area contributed by atoms with Crippen LogP contribution in [-0.2, 0) is 9.53 Å². The minimum absolute atomic E-state index is 0.111. The molecule has 0 saturated carbocycles. The van der Waals surface area contributed by atoms with Gasteiger partial charge in [-0.1, -0.05) is 29.3 Å². The molecule has 1 aromatic heterocycles. The molecule has 0 aromatic carbocycles. The van der Waals surface area contributed by atoms with Crippen molar-refractivity contribution < 1.29 is 14.6 Å². The molecule has 7 heteroatoms. The van der Waals surface area contributed by atoms with Crippen LogP contribution in [0.25, 0.3) is 0 Å². The summed E-state index contributed by atoms with van der Waals surface area (Å²) in [4.78, 5) is 18.9. The number of thioether (sulfide) groups is 1.